The Morgan fingerprint density at radius 3 is 2.76 bits per heavy atom. The fourth-order valence-electron chi connectivity index (χ4n) is 1.90. The molecule has 17 heavy (non-hydrogen) atoms. The first-order chi connectivity index (χ1) is 8.33. The second-order valence-corrected chi connectivity index (χ2v) is 5.42. The minimum atomic E-state index is 0.178. The van der Waals surface area contributed by atoms with Gasteiger partial charge < -0.3 is 10.6 Å². The van der Waals surface area contributed by atoms with Gasteiger partial charge in [-0.25, -0.2) is 0 Å². The normalized spacial score (nSPS) is 17.0. The molecule has 1 amide bonds. The molecule has 1 aliphatic heterocycles. The van der Waals surface area contributed by atoms with Gasteiger partial charge in [-0.2, -0.15) is 11.8 Å². The molecular formula is C12H25N3OS. The van der Waals surface area contributed by atoms with Gasteiger partial charge in [-0.3, -0.25) is 9.69 Å². The van der Waals surface area contributed by atoms with E-state index in [4.69, 9.17) is 0 Å². The van der Waals surface area contributed by atoms with Gasteiger partial charge in [-0.05, 0) is 24.9 Å². The van der Waals surface area contributed by atoms with Crippen LogP contribution in [0, 0.1) is 0 Å². The van der Waals surface area contributed by atoms with Gasteiger partial charge in [0, 0.05) is 32.7 Å². The first kappa shape index (κ1) is 14.8. The van der Waals surface area contributed by atoms with Crippen LogP contribution in [0.5, 0.6) is 0 Å². The third kappa shape index (κ3) is 7.63. The zero-order chi connectivity index (χ0) is 12.3. The van der Waals surface area contributed by atoms with Crippen LogP contribution in [0.25, 0.3) is 0 Å². The van der Waals surface area contributed by atoms with Crippen molar-refractivity contribution < 1.29 is 4.79 Å². The highest BCUT2D eigenvalue weighted by molar-refractivity contribution is 7.98. The van der Waals surface area contributed by atoms with Crippen molar-refractivity contribution in [2.24, 2.45) is 0 Å². The van der Waals surface area contributed by atoms with Crippen molar-refractivity contribution in [3.63, 3.8) is 0 Å². The van der Waals surface area contributed by atoms with Gasteiger partial charge in [-0.15, -0.1) is 0 Å². The molecule has 0 saturated carbocycles. The molecule has 1 aliphatic rings. The molecule has 1 rings (SSSR count). The molecule has 5 heteroatoms. The molecule has 0 aromatic carbocycles. The van der Waals surface area contributed by atoms with Gasteiger partial charge in [0.15, 0.2) is 0 Å². The van der Waals surface area contributed by atoms with Crippen molar-refractivity contribution in [2.45, 2.75) is 19.3 Å². The van der Waals surface area contributed by atoms with Crippen molar-refractivity contribution in [2.75, 3.05) is 51.3 Å². The second kappa shape index (κ2) is 9.74. The van der Waals surface area contributed by atoms with Crippen LogP contribution in [0.3, 0.4) is 0 Å². The number of unbranched alkanes of at least 4 members (excludes halogenated alkanes) is 2. The van der Waals surface area contributed by atoms with Crippen LogP contribution in [0.2, 0.25) is 0 Å². The molecule has 4 nitrogen and oxygen atoms in total. The van der Waals surface area contributed by atoms with Crippen molar-refractivity contribution in [3.8, 4) is 0 Å². The summed E-state index contributed by atoms with van der Waals surface area (Å²) in [5, 5.41) is 6.28. The van der Waals surface area contributed by atoms with E-state index in [9.17, 15) is 4.79 Å². The summed E-state index contributed by atoms with van der Waals surface area (Å²) in [6.07, 6.45) is 5.71. The summed E-state index contributed by atoms with van der Waals surface area (Å²) >= 11 is 1.89. The van der Waals surface area contributed by atoms with Gasteiger partial charge >= 0.3 is 0 Å². The fourth-order valence-corrected chi connectivity index (χ4v) is 2.40. The largest absolute Gasteiger partial charge is 0.355 e. The molecule has 1 saturated heterocycles. The molecule has 0 atom stereocenters. The molecule has 1 fully saturated rings. The van der Waals surface area contributed by atoms with E-state index in [1.54, 1.807) is 0 Å². The second-order valence-electron chi connectivity index (χ2n) is 4.43. The molecule has 0 bridgehead atoms. The Bertz CT molecular complexity index is 208. The van der Waals surface area contributed by atoms with Crippen LogP contribution >= 0.6 is 11.8 Å². The Balaban J connectivity index is 1.93. The SMILES string of the molecule is CSCCCCCNC(=O)CN1CCNCC1. The number of nitrogens with zero attached hydrogens (tertiary/aromatic N) is 1. The highest BCUT2D eigenvalue weighted by atomic mass is 32.2. The summed E-state index contributed by atoms with van der Waals surface area (Å²) in [5.74, 6) is 1.41. The monoisotopic (exact) mass is 259 g/mol. The van der Waals surface area contributed by atoms with E-state index in [1.165, 1.54) is 18.6 Å². The van der Waals surface area contributed by atoms with Crippen LogP contribution in [0.1, 0.15) is 19.3 Å². The lowest BCUT2D eigenvalue weighted by atomic mass is 10.2. The minimum absolute atomic E-state index is 0.178. The predicted molar refractivity (Wildman–Crippen MR) is 74.6 cm³/mol. The lowest BCUT2D eigenvalue weighted by molar-refractivity contribution is -0.122. The quantitative estimate of drug-likeness (QED) is 0.625. The molecule has 2 N–H and O–H groups in total. The van der Waals surface area contributed by atoms with Crippen molar-refractivity contribution >= 4 is 17.7 Å². The number of carbonyl (C=O) groups is 1. The van der Waals surface area contributed by atoms with Crippen molar-refractivity contribution in [1.29, 1.82) is 0 Å². The molecule has 100 valence electrons. The summed E-state index contributed by atoms with van der Waals surface area (Å²) in [5.41, 5.74) is 0. The number of piperazine rings is 1. The molecule has 0 radical (unpaired) electrons. The first-order valence-corrected chi connectivity index (χ1v) is 7.91. The Hall–Kier alpha value is -0.260. The number of hydrogen-bond donors (Lipinski definition) is 2. The van der Waals surface area contributed by atoms with Crippen LogP contribution < -0.4 is 10.6 Å². The van der Waals surface area contributed by atoms with Crippen LogP contribution in [0.4, 0.5) is 0 Å². The maximum absolute atomic E-state index is 11.6. The highest BCUT2D eigenvalue weighted by Gasteiger charge is 2.12. The average molecular weight is 259 g/mol. The van der Waals surface area contributed by atoms with Gasteiger partial charge in [0.2, 0.25) is 5.91 Å². The molecule has 0 aliphatic carbocycles. The summed E-state index contributed by atoms with van der Waals surface area (Å²) in [4.78, 5) is 13.8. The number of amides is 1. The first-order valence-electron chi connectivity index (χ1n) is 6.51. The smallest absolute Gasteiger partial charge is 0.234 e. The summed E-state index contributed by atoms with van der Waals surface area (Å²) in [6, 6.07) is 0. The van der Waals surface area contributed by atoms with Gasteiger partial charge in [0.05, 0.1) is 6.54 Å². The van der Waals surface area contributed by atoms with Crippen LogP contribution in [-0.2, 0) is 4.79 Å². The van der Waals surface area contributed by atoms with E-state index < -0.39 is 0 Å². The molecule has 0 spiro atoms. The van der Waals surface area contributed by atoms with E-state index in [1.807, 2.05) is 11.8 Å². The van der Waals surface area contributed by atoms with Gasteiger partial charge in [0.25, 0.3) is 0 Å². The van der Waals surface area contributed by atoms with E-state index >= 15 is 0 Å². The Labute approximate surface area is 109 Å². The predicted octanol–water partition coefficient (Wildman–Crippen LogP) is 0.541. The maximum atomic E-state index is 11.6. The third-order valence-electron chi connectivity index (χ3n) is 2.92. The molecule has 1 heterocycles. The van der Waals surface area contributed by atoms with Crippen molar-refractivity contribution in [1.82, 2.24) is 15.5 Å². The van der Waals surface area contributed by atoms with Gasteiger partial charge in [0.1, 0.15) is 0 Å². The van der Waals surface area contributed by atoms with Gasteiger partial charge in [-0.1, -0.05) is 6.42 Å². The number of nitrogens with one attached hydrogen (secondary N) is 2. The lowest BCUT2D eigenvalue weighted by Crippen LogP contribution is -2.47. The number of rotatable bonds is 8. The average Bonchev–Trinajstić information content (AvgIpc) is 2.35. The van der Waals surface area contributed by atoms with E-state index in [0.717, 1.165) is 39.1 Å². The Morgan fingerprint density at radius 1 is 1.29 bits per heavy atom. The standard InChI is InChI=1S/C12H25N3OS/c1-17-10-4-2-3-5-14-12(16)11-15-8-6-13-7-9-15/h13H,2-11H2,1H3,(H,14,16). The Kier molecular flexibility index (Phi) is 8.48. The van der Waals surface area contributed by atoms with E-state index in [2.05, 4.69) is 21.8 Å². The molecule has 0 aromatic rings. The van der Waals surface area contributed by atoms with E-state index in [0.29, 0.717) is 6.54 Å². The summed E-state index contributed by atoms with van der Waals surface area (Å²) < 4.78 is 0. The van der Waals surface area contributed by atoms with Crippen LogP contribution in [-0.4, -0.2) is 62.1 Å². The highest BCUT2D eigenvalue weighted by Crippen LogP contribution is 2.01. The number of thioether (sulfide) groups is 1. The Morgan fingerprint density at radius 2 is 2.06 bits per heavy atom. The van der Waals surface area contributed by atoms with Crippen molar-refractivity contribution in [3.05, 3.63) is 0 Å². The topological polar surface area (TPSA) is 44.4 Å². The lowest BCUT2D eigenvalue weighted by Gasteiger charge is -2.26. The fraction of sp³-hybridized carbons (Fsp3) is 0.917. The minimum Gasteiger partial charge on any atom is -0.355 e. The third-order valence-corrected chi connectivity index (χ3v) is 3.62. The van der Waals surface area contributed by atoms with Crippen LogP contribution in [0.15, 0.2) is 0 Å². The number of hydrogen-bond acceptors (Lipinski definition) is 4. The zero-order valence-electron chi connectivity index (χ0n) is 10.8. The molecular weight excluding hydrogens is 234 g/mol. The number of carbonyl (C=O) groups excluding carboxylic acids is 1. The zero-order valence-corrected chi connectivity index (χ0v) is 11.7. The van der Waals surface area contributed by atoms with E-state index in [-0.39, 0.29) is 5.91 Å². The summed E-state index contributed by atoms with van der Waals surface area (Å²) in [7, 11) is 0. The molecule has 0 unspecified atom stereocenters. The maximum Gasteiger partial charge on any atom is 0.234 e. The summed E-state index contributed by atoms with van der Waals surface area (Å²) in [6.45, 7) is 5.37. The molecule has 0 aromatic heterocycles.